The van der Waals surface area contributed by atoms with Gasteiger partial charge >= 0.3 is 5.69 Å². The van der Waals surface area contributed by atoms with Crippen molar-refractivity contribution in [3.8, 4) is 0 Å². The SMILES string of the molecule is Cc1cc(SCC(=O)Nc2nc3ccccc3s2)nc(=O)[nH]1. The van der Waals surface area contributed by atoms with Gasteiger partial charge in [-0.1, -0.05) is 35.2 Å². The van der Waals surface area contributed by atoms with Crippen molar-refractivity contribution < 1.29 is 4.79 Å². The van der Waals surface area contributed by atoms with Crippen LogP contribution in [0.5, 0.6) is 0 Å². The first-order valence-corrected chi connectivity index (χ1v) is 8.26. The number of hydrogen-bond donors (Lipinski definition) is 2. The monoisotopic (exact) mass is 332 g/mol. The molecule has 6 nitrogen and oxygen atoms in total. The van der Waals surface area contributed by atoms with Crippen LogP contribution in [0, 0.1) is 6.92 Å². The number of nitrogens with zero attached hydrogens (tertiary/aromatic N) is 2. The second-order valence-electron chi connectivity index (χ2n) is 4.53. The van der Waals surface area contributed by atoms with Crippen molar-refractivity contribution in [2.45, 2.75) is 11.9 Å². The molecule has 0 atom stereocenters. The minimum Gasteiger partial charge on any atom is -0.310 e. The van der Waals surface area contributed by atoms with Gasteiger partial charge in [-0.25, -0.2) is 9.78 Å². The van der Waals surface area contributed by atoms with Crippen LogP contribution in [0.2, 0.25) is 0 Å². The van der Waals surface area contributed by atoms with Crippen molar-refractivity contribution in [1.82, 2.24) is 15.0 Å². The Morgan fingerprint density at radius 3 is 2.95 bits per heavy atom. The molecule has 1 amide bonds. The number of aryl methyl sites for hydroxylation is 1. The van der Waals surface area contributed by atoms with E-state index in [4.69, 9.17) is 0 Å². The summed E-state index contributed by atoms with van der Waals surface area (Å²) in [5.74, 6) is -0.00461. The van der Waals surface area contributed by atoms with Crippen molar-refractivity contribution in [2.75, 3.05) is 11.1 Å². The molecule has 0 saturated heterocycles. The topological polar surface area (TPSA) is 87.7 Å². The minimum atomic E-state index is -0.408. The lowest BCUT2D eigenvalue weighted by Gasteiger charge is -2.01. The van der Waals surface area contributed by atoms with Gasteiger partial charge in [-0.2, -0.15) is 4.98 Å². The summed E-state index contributed by atoms with van der Waals surface area (Å²) in [6.07, 6.45) is 0. The Labute approximate surface area is 134 Å². The highest BCUT2D eigenvalue weighted by atomic mass is 32.2. The predicted octanol–water partition coefficient (Wildman–Crippen LogP) is 2.42. The van der Waals surface area contributed by atoms with E-state index in [0.717, 1.165) is 10.2 Å². The third-order valence-electron chi connectivity index (χ3n) is 2.75. The van der Waals surface area contributed by atoms with Gasteiger partial charge in [0.2, 0.25) is 5.91 Å². The van der Waals surface area contributed by atoms with Crippen molar-refractivity contribution >= 4 is 44.4 Å². The number of nitrogens with one attached hydrogen (secondary N) is 2. The summed E-state index contributed by atoms with van der Waals surface area (Å²) < 4.78 is 1.03. The van der Waals surface area contributed by atoms with Crippen LogP contribution in [-0.2, 0) is 4.79 Å². The van der Waals surface area contributed by atoms with Crippen LogP contribution in [-0.4, -0.2) is 26.6 Å². The van der Waals surface area contributed by atoms with Gasteiger partial charge in [-0.15, -0.1) is 0 Å². The molecule has 8 heteroatoms. The highest BCUT2D eigenvalue weighted by Gasteiger charge is 2.09. The first kappa shape index (κ1) is 14.7. The molecule has 2 heterocycles. The van der Waals surface area contributed by atoms with Crippen molar-refractivity contribution in [2.24, 2.45) is 0 Å². The number of hydrogen-bond acceptors (Lipinski definition) is 6. The summed E-state index contributed by atoms with van der Waals surface area (Å²) in [6, 6.07) is 9.43. The molecule has 2 N–H and O–H groups in total. The molecule has 0 spiro atoms. The molecule has 2 aromatic heterocycles. The van der Waals surface area contributed by atoms with Gasteiger partial charge in [0.25, 0.3) is 0 Å². The van der Waals surface area contributed by atoms with Gasteiger partial charge in [-0.05, 0) is 25.1 Å². The highest BCUT2D eigenvalue weighted by Crippen LogP contribution is 2.25. The summed E-state index contributed by atoms with van der Waals surface area (Å²) in [5, 5.41) is 3.86. The summed E-state index contributed by atoms with van der Waals surface area (Å²) in [4.78, 5) is 33.9. The number of carbonyl (C=O) groups excluding carboxylic acids is 1. The molecule has 0 radical (unpaired) electrons. The van der Waals surface area contributed by atoms with Crippen molar-refractivity contribution in [1.29, 1.82) is 0 Å². The van der Waals surface area contributed by atoms with Gasteiger partial charge < -0.3 is 10.3 Å². The van der Waals surface area contributed by atoms with E-state index in [1.807, 2.05) is 24.3 Å². The highest BCUT2D eigenvalue weighted by molar-refractivity contribution is 7.99. The Hall–Kier alpha value is -2.19. The number of H-pyrrole nitrogens is 1. The van der Waals surface area contributed by atoms with Crippen LogP contribution in [0.3, 0.4) is 0 Å². The lowest BCUT2D eigenvalue weighted by molar-refractivity contribution is -0.113. The maximum Gasteiger partial charge on any atom is 0.346 e. The third-order valence-corrected chi connectivity index (χ3v) is 4.61. The van der Waals surface area contributed by atoms with Crippen LogP contribution < -0.4 is 11.0 Å². The molecule has 0 aliphatic carbocycles. The zero-order chi connectivity index (χ0) is 15.5. The molecule has 0 bridgehead atoms. The fourth-order valence-corrected chi connectivity index (χ4v) is 3.49. The predicted molar refractivity (Wildman–Crippen MR) is 88.6 cm³/mol. The maximum absolute atomic E-state index is 12.0. The molecule has 0 unspecified atom stereocenters. The van der Waals surface area contributed by atoms with Crippen LogP contribution in [0.4, 0.5) is 5.13 Å². The van der Waals surface area contributed by atoms with E-state index < -0.39 is 5.69 Å². The first-order valence-electron chi connectivity index (χ1n) is 6.46. The number of thioether (sulfide) groups is 1. The zero-order valence-electron chi connectivity index (χ0n) is 11.6. The molecular formula is C14H12N4O2S2. The molecule has 0 fully saturated rings. The number of aromatic amines is 1. The molecule has 3 aromatic rings. The largest absolute Gasteiger partial charge is 0.346 e. The number of aromatic nitrogens is 3. The maximum atomic E-state index is 12.0. The summed E-state index contributed by atoms with van der Waals surface area (Å²) >= 11 is 2.65. The summed E-state index contributed by atoms with van der Waals surface area (Å²) in [5.41, 5.74) is 1.17. The van der Waals surface area contributed by atoms with E-state index in [0.29, 0.717) is 15.9 Å². The van der Waals surface area contributed by atoms with Crippen LogP contribution >= 0.6 is 23.1 Å². The average Bonchev–Trinajstić information content (AvgIpc) is 2.86. The number of benzene rings is 1. The quantitative estimate of drug-likeness (QED) is 0.566. The van der Waals surface area contributed by atoms with E-state index in [1.165, 1.54) is 23.1 Å². The van der Waals surface area contributed by atoms with E-state index in [1.54, 1.807) is 13.0 Å². The Bertz CT molecular complexity index is 855. The van der Waals surface area contributed by atoms with E-state index >= 15 is 0 Å². The first-order chi connectivity index (χ1) is 10.6. The van der Waals surface area contributed by atoms with E-state index in [9.17, 15) is 9.59 Å². The van der Waals surface area contributed by atoms with E-state index in [2.05, 4.69) is 20.3 Å². The van der Waals surface area contributed by atoms with Crippen LogP contribution in [0.15, 0.2) is 40.2 Å². The second kappa shape index (κ2) is 6.29. The summed E-state index contributed by atoms with van der Waals surface area (Å²) in [7, 11) is 0. The molecule has 0 aliphatic heterocycles. The molecule has 3 rings (SSSR count). The molecule has 112 valence electrons. The lowest BCUT2D eigenvalue weighted by Crippen LogP contribution is -2.15. The average molecular weight is 332 g/mol. The fourth-order valence-electron chi connectivity index (χ4n) is 1.84. The van der Waals surface area contributed by atoms with Gasteiger partial charge in [0, 0.05) is 5.69 Å². The number of anilines is 1. The summed E-state index contributed by atoms with van der Waals surface area (Å²) in [6.45, 7) is 1.77. The molecular weight excluding hydrogens is 320 g/mol. The number of thiazole rings is 1. The zero-order valence-corrected chi connectivity index (χ0v) is 13.3. The van der Waals surface area contributed by atoms with Crippen LogP contribution in [0.25, 0.3) is 10.2 Å². The van der Waals surface area contributed by atoms with Crippen molar-refractivity contribution in [3.05, 3.63) is 46.5 Å². The lowest BCUT2D eigenvalue weighted by atomic mass is 10.3. The van der Waals surface area contributed by atoms with Crippen molar-refractivity contribution in [3.63, 3.8) is 0 Å². The number of para-hydroxylation sites is 1. The number of rotatable bonds is 4. The number of fused-ring (bicyclic) bond motifs is 1. The van der Waals surface area contributed by atoms with Gasteiger partial charge in [0.15, 0.2) is 5.13 Å². The van der Waals surface area contributed by atoms with Crippen LogP contribution in [0.1, 0.15) is 5.69 Å². The fraction of sp³-hybridized carbons (Fsp3) is 0.143. The smallest absolute Gasteiger partial charge is 0.310 e. The third kappa shape index (κ3) is 3.52. The Morgan fingerprint density at radius 1 is 1.36 bits per heavy atom. The number of amides is 1. The van der Waals surface area contributed by atoms with Gasteiger partial charge in [0.1, 0.15) is 5.03 Å². The molecule has 1 aromatic carbocycles. The second-order valence-corrected chi connectivity index (χ2v) is 6.56. The molecule has 22 heavy (non-hydrogen) atoms. The molecule has 0 saturated carbocycles. The Balaban J connectivity index is 1.63. The van der Waals surface area contributed by atoms with E-state index in [-0.39, 0.29) is 11.7 Å². The normalized spacial score (nSPS) is 10.8. The van der Waals surface area contributed by atoms with Gasteiger partial charge in [-0.3, -0.25) is 4.79 Å². The van der Waals surface area contributed by atoms with Gasteiger partial charge in [0.05, 0.1) is 16.0 Å². The Morgan fingerprint density at radius 2 is 2.18 bits per heavy atom. The molecule has 0 aliphatic rings. The standard InChI is InChI=1S/C14H12N4O2S2/c1-8-6-12(18-13(20)15-8)21-7-11(19)17-14-16-9-4-2-3-5-10(9)22-14/h2-6H,7H2,1H3,(H,15,18,20)(H,16,17,19). The Kier molecular flexibility index (Phi) is 4.21. The minimum absolute atomic E-state index is 0.172. The number of carbonyl (C=O) groups is 1.